The van der Waals surface area contributed by atoms with E-state index in [0.717, 1.165) is 13.0 Å². The van der Waals surface area contributed by atoms with Crippen molar-refractivity contribution in [3.8, 4) is 0 Å². The molecule has 0 aromatic heterocycles. The van der Waals surface area contributed by atoms with E-state index in [2.05, 4.69) is 31.0 Å². The Morgan fingerprint density at radius 2 is 2.10 bits per heavy atom. The molecule has 118 valence electrons. The van der Waals surface area contributed by atoms with Gasteiger partial charge in [-0.05, 0) is 39.2 Å². The van der Waals surface area contributed by atoms with Crippen LogP contribution in [0.4, 0.5) is 0 Å². The highest BCUT2D eigenvalue weighted by Crippen LogP contribution is 2.19. The van der Waals surface area contributed by atoms with Crippen LogP contribution in [0.1, 0.15) is 59.8 Å². The molecule has 1 N–H and O–H groups in total. The molecular formula is C16H32N2O2. The highest BCUT2D eigenvalue weighted by atomic mass is 16.5. The number of rotatable bonds is 8. The molecular weight excluding hydrogens is 252 g/mol. The molecule has 0 spiro atoms. The van der Waals surface area contributed by atoms with E-state index in [0.29, 0.717) is 18.7 Å². The second-order valence-corrected chi connectivity index (χ2v) is 6.01. The highest BCUT2D eigenvalue weighted by Gasteiger charge is 2.25. The number of likely N-dealkylation sites (tertiary alicyclic amines) is 1. The third kappa shape index (κ3) is 5.80. The van der Waals surface area contributed by atoms with Crippen molar-refractivity contribution in [2.75, 3.05) is 19.7 Å². The SMILES string of the molecule is CCOC(=O)C(CCN1CCCCC1CC)NC(C)C. The molecule has 0 bridgehead atoms. The summed E-state index contributed by atoms with van der Waals surface area (Å²) in [6.45, 7) is 10.9. The number of nitrogens with one attached hydrogen (secondary N) is 1. The van der Waals surface area contributed by atoms with E-state index in [1.165, 1.54) is 32.2 Å². The summed E-state index contributed by atoms with van der Waals surface area (Å²) >= 11 is 0. The van der Waals surface area contributed by atoms with E-state index in [-0.39, 0.29) is 12.0 Å². The van der Waals surface area contributed by atoms with Crippen LogP contribution in [-0.2, 0) is 9.53 Å². The highest BCUT2D eigenvalue weighted by molar-refractivity contribution is 5.75. The van der Waals surface area contributed by atoms with Crippen molar-refractivity contribution in [1.29, 1.82) is 0 Å². The summed E-state index contributed by atoms with van der Waals surface area (Å²) in [4.78, 5) is 14.6. The Balaban J connectivity index is 2.49. The molecule has 4 heteroatoms. The van der Waals surface area contributed by atoms with Crippen molar-refractivity contribution in [3.05, 3.63) is 0 Å². The summed E-state index contributed by atoms with van der Waals surface area (Å²) < 4.78 is 5.18. The fourth-order valence-electron chi connectivity index (χ4n) is 3.03. The molecule has 0 saturated carbocycles. The number of carbonyl (C=O) groups excluding carboxylic acids is 1. The zero-order chi connectivity index (χ0) is 15.0. The molecule has 20 heavy (non-hydrogen) atoms. The molecule has 1 heterocycles. The first-order chi connectivity index (χ1) is 9.58. The van der Waals surface area contributed by atoms with Crippen LogP contribution in [0.15, 0.2) is 0 Å². The van der Waals surface area contributed by atoms with Gasteiger partial charge in [-0.15, -0.1) is 0 Å². The van der Waals surface area contributed by atoms with Crippen LogP contribution in [0.5, 0.6) is 0 Å². The van der Waals surface area contributed by atoms with Crippen molar-refractivity contribution in [1.82, 2.24) is 10.2 Å². The molecule has 0 aliphatic carbocycles. The Kier molecular flexibility index (Phi) is 8.15. The molecule has 1 rings (SSSR count). The minimum atomic E-state index is -0.172. The molecule has 2 atom stereocenters. The van der Waals surface area contributed by atoms with E-state index in [9.17, 15) is 4.79 Å². The van der Waals surface area contributed by atoms with Gasteiger partial charge in [0.1, 0.15) is 6.04 Å². The quantitative estimate of drug-likeness (QED) is 0.696. The lowest BCUT2D eigenvalue weighted by molar-refractivity contribution is -0.146. The van der Waals surface area contributed by atoms with Crippen molar-refractivity contribution >= 4 is 5.97 Å². The molecule has 1 aliphatic rings. The Labute approximate surface area is 124 Å². The van der Waals surface area contributed by atoms with Crippen LogP contribution in [0, 0.1) is 0 Å². The van der Waals surface area contributed by atoms with E-state index in [1.54, 1.807) is 0 Å². The zero-order valence-corrected chi connectivity index (χ0v) is 13.7. The first-order valence-electron chi connectivity index (χ1n) is 8.25. The van der Waals surface area contributed by atoms with Gasteiger partial charge in [0.05, 0.1) is 6.61 Å². The van der Waals surface area contributed by atoms with Crippen molar-refractivity contribution in [2.24, 2.45) is 0 Å². The van der Waals surface area contributed by atoms with Gasteiger partial charge in [-0.2, -0.15) is 0 Å². The number of esters is 1. The Hall–Kier alpha value is -0.610. The predicted octanol–water partition coefficient (Wildman–Crippen LogP) is 2.57. The summed E-state index contributed by atoms with van der Waals surface area (Å²) in [7, 11) is 0. The predicted molar refractivity (Wildman–Crippen MR) is 82.8 cm³/mol. The summed E-state index contributed by atoms with van der Waals surface area (Å²) in [6, 6.07) is 0.827. The summed E-state index contributed by atoms with van der Waals surface area (Å²) in [6.07, 6.45) is 5.99. The second-order valence-electron chi connectivity index (χ2n) is 6.01. The Morgan fingerprint density at radius 3 is 2.70 bits per heavy atom. The van der Waals surface area contributed by atoms with Gasteiger partial charge in [-0.3, -0.25) is 4.79 Å². The lowest BCUT2D eigenvalue weighted by Crippen LogP contribution is -2.46. The monoisotopic (exact) mass is 284 g/mol. The number of hydrogen-bond donors (Lipinski definition) is 1. The minimum Gasteiger partial charge on any atom is -0.465 e. The van der Waals surface area contributed by atoms with Gasteiger partial charge in [0.25, 0.3) is 0 Å². The van der Waals surface area contributed by atoms with Gasteiger partial charge in [0, 0.05) is 18.6 Å². The number of piperidine rings is 1. The van der Waals surface area contributed by atoms with Crippen LogP contribution in [0.25, 0.3) is 0 Å². The van der Waals surface area contributed by atoms with Gasteiger partial charge in [-0.1, -0.05) is 27.2 Å². The molecule has 0 aromatic rings. The van der Waals surface area contributed by atoms with E-state index in [1.807, 2.05) is 6.92 Å². The van der Waals surface area contributed by atoms with Gasteiger partial charge < -0.3 is 15.0 Å². The second kappa shape index (κ2) is 9.35. The smallest absolute Gasteiger partial charge is 0.323 e. The Morgan fingerprint density at radius 1 is 1.35 bits per heavy atom. The van der Waals surface area contributed by atoms with Gasteiger partial charge in [0.15, 0.2) is 0 Å². The molecule has 1 fully saturated rings. The molecule has 1 aliphatic heterocycles. The number of hydrogen-bond acceptors (Lipinski definition) is 4. The fraction of sp³-hybridized carbons (Fsp3) is 0.938. The summed E-state index contributed by atoms with van der Waals surface area (Å²) in [5, 5.41) is 3.34. The maximum Gasteiger partial charge on any atom is 0.323 e. The standard InChI is InChI=1S/C16H32N2O2/c1-5-14-9-7-8-11-18(14)12-10-15(17-13(3)4)16(19)20-6-2/h13-15,17H,5-12H2,1-4H3. The van der Waals surface area contributed by atoms with Gasteiger partial charge >= 0.3 is 5.97 Å². The van der Waals surface area contributed by atoms with Crippen molar-refractivity contribution < 1.29 is 9.53 Å². The van der Waals surface area contributed by atoms with E-state index < -0.39 is 0 Å². The number of carbonyl (C=O) groups is 1. The van der Waals surface area contributed by atoms with E-state index >= 15 is 0 Å². The fourth-order valence-corrected chi connectivity index (χ4v) is 3.03. The zero-order valence-electron chi connectivity index (χ0n) is 13.7. The topological polar surface area (TPSA) is 41.6 Å². The van der Waals surface area contributed by atoms with Crippen LogP contribution in [0.3, 0.4) is 0 Å². The third-order valence-electron chi connectivity index (χ3n) is 4.03. The maximum atomic E-state index is 12.0. The number of nitrogens with zero attached hydrogens (tertiary/aromatic N) is 1. The molecule has 0 amide bonds. The van der Waals surface area contributed by atoms with Crippen molar-refractivity contribution in [2.45, 2.75) is 77.9 Å². The van der Waals surface area contributed by atoms with Crippen molar-refractivity contribution in [3.63, 3.8) is 0 Å². The summed E-state index contributed by atoms with van der Waals surface area (Å²) in [5.74, 6) is -0.105. The lowest BCUT2D eigenvalue weighted by Gasteiger charge is -2.36. The average Bonchev–Trinajstić information content (AvgIpc) is 2.43. The Bertz CT molecular complexity index is 282. The summed E-state index contributed by atoms with van der Waals surface area (Å²) in [5.41, 5.74) is 0. The van der Waals surface area contributed by atoms with E-state index in [4.69, 9.17) is 4.74 Å². The van der Waals surface area contributed by atoms with Crippen LogP contribution >= 0.6 is 0 Å². The average molecular weight is 284 g/mol. The molecule has 0 aromatic carbocycles. The minimum absolute atomic E-state index is 0.105. The normalized spacial score (nSPS) is 21.9. The van der Waals surface area contributed by atoms with Crippen LogP contribution < -0.4 is 5.32 Å². The third-order valence-corrected chi connectivity index (χ3v) is 4.03. The molecule has 2 unspecified atom stereocenters. The molecule has 0 radical (unpaired) electrons. The van der Waals surface area contributed by atoms with Crippen LogP contribution in [0.2, 0.25) is 0 Å². The first kappa shape index (κ1) is 17.4. The maximum absolute atomic E-state index is 12.0. The van der Waals surface area contributed by atoms with Crippen LogP contribution in [-0.4, -0.2) is 48.7 Å². The van der Waals surface area contributed by atoms with Gasteiger partial charge in [-0.25, -0.2) is 0 Å². The molecule has 1 saturated heterocycles. The largest absolute Gasteiger partial charge is 0.465 e. The number of ether oxygens (including phenoxy) is 1. The van der Waals surface area contributed by atoms with Gasteiger partial charge in [0.2, 0.25) is 0 Å². The lowest BCUT2D eigenvalue weighted by atomic mass is 9.99. The molecule has 4 nitrogen and oxygen atoms in total. The first-order valence-corrected chi connectivity index (χ1v) is 8.25.